The van der Waals surface area contributed by atoms with Crippen molar-refractivity contribution in [3.05, 3.63) is 65.8 Å². The number of alkyl halides is 3. The summed E-state index contributed by atoms with van der Waals surface area (Å²) in [5, 5.41) is 0. The number of para-hydroxylation sites is 2. The summed E-state index contributed by atoms with van der Waals surface area (Å²) in [7, 11) is 0. The number of carbonyl (C=O) groups is 1. The highest BCUT2D eigenvalue weighted by atomic mass is 19.4. The van der Waals surface area contributed by atoms with Crippen molar-refractivity contribution in [2.45, 2.75) is 33.1 Å². The molecule has 1 aromatic carbocycles. The number of nitrogens with zero attached hydrogens (tertiary/aromatic N) is 3. The summed E-state index contributed by atoms with van der Waals surface area (Å²) in [6.45, 7) is 7.42. The van der Waals surface area contributed by atoms with Crippen molar-refractivity contribution in [3.8, 4) is 0 Å². The highest BCUT2D eigenvalue weighted by Gasteiger charge is 2.38. The van der Waals surface area contributed by atoms with E-state index in [4.69, 9.17) is 0 Å². The molecule has 2 aromatic heterocycles. The van der Waals surface area contributed by atoms with Gasteiger partial charge in [-0.15, -0.1) is 6.58 Å². The zero-order chi connectivity index (χ0) is 19.1. The molecular weight excluding hydrogens is 343 g/mol. The van der Waals surface area contributed by atoms with Crippen LogP contribution in [0.5, 0.6) is 0 Å². The molecule has 0 N–H and O–H groups in total. The number of carbonyl (C=O) groups excluding carboxylic acids is 1. The maximum atomic E-state index is 13.4. The van der Waals surface area contributed by atoms with Gasteiger partial charge in [0.25, 0.3) is 0 Å². The number of hydrogen-bond donors (Lipinski definition) is 0. The highest BCUT2D eigenvalue weighted by molar-refractivity contribution is 5.98. The van der Waals surface area contributed by atoms with Crippen LogP contribution in [0.15, 0.2) is 43.0 Å². The number of halogens is 3. The molecule has 0 bridgehead atoms. The molecule has 2 heterocycles. The number of Topliss-reactive ketones (excluding diaryl/α,β-unsaturated/α-hetero) is 1. The third-order valence-corrected chi connectivity index (χ3v) is 4.40. The summed E-state index contributed by atoms with van der Waals surface area (Å²) in [6, 6.07) is 7.98. The molecule has 7 heteroatoms. The van der Waals surface area contributed by atoms with Crippen LogP contribution in [-0.4, -0.2) is 19.9 Å². The van der Waals surface area contributed by atoms with Gasteiger partial charge in [-0.05, 0) is 32.0 Å². The molecule has 26 heavy (non-hydrogen) atoms. The topological polar surface area (TPSA) is 39.8 Å². The second-order valence-corrected chi connectivity index (χ2v) is 6.12. The smallest absolute Gasteiger partial charge is 0.345 e. The molecule has 0 saturated heterocycles. The summed E-state index contributed by atoms with van der Waals surface area (Å²) in [5.41, 5.74) is 2.48. The number of aryl methyl sites for hydroxylation is 1. The Kier molecular flexibility index (Phi) is 4.48. The van der Waals surface area contributed by atoms with Crippen LogP contribution >= 0.6 is 0 Å². The normalized spacial score (nSPS) is 11.9. The number of ketones is 1. The minimum absolute atomic E-state index is 0.213. The fourth-order valence-electron chi connectivity index (χ4n) is 3.17. The van der Waals surface area contributed by atoms with Gasteiger partial charge in [0.15, 0.2) is 5.78 Å². The Hall–Kier alpha value is -2.83. The SMILES string of the molecule is C=CCn1c(C)cc(C(=O)Cn2c(C(F)(F)F)nc3ccccc32)c1C. The van der Waals surface area contributed by atoms with Crippen LogP contribution in [0.3, 0.4) is 0 Å². The fraction of sp³-hybridized carbons (Fsp3) is 0.263. The van der Waals surface area contributed by atoms with Crippen LogP contribution in [-0.2, 0) is 19.3 Å². The lowest BCUT2D eigenvalue weighted by Gasteiger charge is -2.11. The number of aromatic nitrogens is 3. The van der Waals surface area contributed by atoms with E-state index in [2.05, 4.69) is 11.6 Å². The number of benzene rings is 1. The van der Waals surface area contributed by atoms with E-state index in [9.17, 15) is 18.0 Å². The Morgan fingerprint density at radius 1 is 1.23 bits per heavy atom. The van der Waals surface area contributed by atoms with Crippen LogP contribution in [0.4, 0.5) is 13.2 Å². The van der Waals surface area contributed by atoms with Gasteiger partial charge in [-0.25, -0.2) is 4.98 Å². The van der Waals surface area contributed by atoms with Crippen LogP contribution in [0.25, 0.3) is 11.0 Å². The zero-order valence-electron chi connectivity index (χ0n) is 14.5. The molecule has 0 fully saturated rings. The van der Waals surface area contributed by atoms with Gasteiger partial charge >= 0.3 is 6.18 Å². The van der Waals surface area contributed by atoms with Crippen molar-refractivity contribution in [1.29, 1.82) is 0 Å². The van der Waals surface area contributed by atoms with Gasteiger partial charge in [0, 0.05) is 23.5 Å². The van der Waals surface area contributed by atoms with Crippen molar-refractivity contribution in [3.63, 3.8) is 0 Å². The summed E-state index contributed by atoms with van der Waals surface area (Å²) < 4.78 is 43.0. The molecule has 0 amide bonds. The van der Waals surface area contributed by atoms with Gasteiger partial charge in [-0.2, -0.15) is 13.2 Å². The van der Waals surface area contributed by atoms with E-state index in [0.717, 1.165) is 10.3 Å². The molecule has 3 aromatic rings. The van der Waals surface area contributed by atoms with Gasteiger partial charge in [0.2, 0.25) is 5.82 Å². The average Bonchev–Trinajstić information content (AvgIpc) is 3.08. The van der Waals surface area contributed by atoms with Crippen LogP contribution in [0.2, 0.25) is 0 Å². The quantitative estimate of drug-likeness (QED) is 0.494. The van der Waals surface area contributed by atoms with Gasteiger partial charge in [0.05, 0.1) is 17.6 Å². The summed E-state index contributed by atoms with van der Waals surface area (Å²) in [6.07, 6.45) is -2.93. The predicted octanol–water partition coefficient (Wildman–Crippen LogP) is 4.54. The molecular formula is C19H18F3N3O. The lowest BCUT2D eigenvalue weighted by atomic mass is 10.1. The van der Waals surface area contributed by atoms with E-state index in [1.54, 1.807) is 31.2 Å². The molecule has 0 radical (unpaired) electrons. The number of rotatable bonds is 5. The van der Waals surface area contributed by atoms with E-state index < -0.39 is 18.5 Å². The van der Waals surface area contributed by atoms with Crippen molar-refractivity contribution in [2.24, 2.45) is 0 Å². The molecule has 3 rings (SSSR count). The first kappa shape index (κ1) is 18.0. The third kappa shape index (κ3) is 3.05. The van der Waals surface area contributed by atoms with Crippen LogP contribution in [0.1, 0.15) is 27.6 Å². The maximum Gasteiger partial charge on any atom is 0.449 e. The number of hydrogen-bond acceptors (Lipinski definition) is 2. The third-order valence-electron chi connectivity index (χ3n) is 4.40. The number of fused-ring (bicyclic) bond motifs is 1. The summed E-state index contributed by atoms with van der Waals surface area (Å²) >= 11 is 0. The second-order valence-electron chi connectivity index (χ2n) is 6.12. The lowest BCUT2D eigenvalue weighted by Crippen LogP contribution is -2.19. The Labute approximate surface area is 148 Å². The van der Waals surface area contributed by atoms with Crippen LogP contribution < -0.4 is 0 Å². The number of allylic oxidation sites excluding steroid dienone is 1. The predicted molar refractivity (Wildman–Crippen MR) is 93.2 cm³/mol. The summed E-state index contributed by atoms with van der Waals surface area (Å²) in [4.78, 5) is 16.4. The Morgan fingerprint density at radius 3 is 2.58 bits per heavy atom. The van der Waals surface area contributed by atoms with Gasteiger partial charge in [0.1, 0.15) is 0 Å². The van der Waals surface area contributed by atoms with E-state index in [-0.39, 0.29) is 16.8 Å². The Bertz CT molecular complexity index is 996. The maximum absolute atomic E-state index is 13.4. The molecule has 4 nitrogen and oxygen atoms in total. The van der Waals surface area contributed by atoms with Crippen molar-refractivity contribution < 1.29 is 18.0 Å². The van der Waals surface area contributed by atoms with Crippen LogP contribution in [0, 0.1) is 13.8 Å². The fourth-order valence-corrected chi connectivity index (χ4v) is 3.17. The second kappa shape index (κ2) is 6.48. The zero-order valence-corrected chi connectivity index (χ0v) is 14.5. The molecule has 0 spiro atoms. The molecule has 0 unspecified atom stereocenters. The van der Waals surface area contributed by atoms with Crippen molar-refractivity contribution in [1.82, 2.24) is 14.1 Å². The lowest BCUT2D eigenvalue weighted by molar-refractivity contribution is -0.146. The average molecular weight is 361 g/mol. The molecule has 0 saturated carbocycles. The van der Waals surface area contributed by atoms with E-state index in [0.29, 0.717) is 17.8 Å². The molecule has 0 aliphatic heterocycles. The van der Waals surface area contributed by atoms with E-state index in [1.807, 2.05) is 11.5 Å². The first-order chi connectivity index (χ1) is 12.2. The molecule has 0 aliphatic carbocycles. The molecule has 0 atom stereocenters. The first-order valence-electron chi connectivity index (χ1n) is 8.07. The van der Waals surface area contributed by atoms with Gasteiger partial charge in [-0.1, -0.05) is 18.2 Å². The molecule has 136 valence electrons. The Balaban J connectivity index is 2.05. The van der Waals surface area contributed by atoms with Gasteiger partial charge in [-0.3, -0.25) is 4.79 Å². The largest absolute Gasteiger partial charge is 0.449 e. The summed E-state index contributed by atoms with van der Waals surface area (Å²) in [5.74, 6) is -1.45. The van der Waals surface area contributed by atoms with E-state index >= 15 is 0 Å². The minimum Gasteiger partial charge on any atom is -0.345 e. The van der Waals surface area contributed by atoms with Gasteiger partial charge < -0.3 is 9.13 Å². The van der Waals surface area contributed by atoms with Crippen molar-refractivity contribution >= 4 is 16.8 Å². The minimum atomic E-state index is -4.64. The van der Waals surface area contributed by atoms with E-state index in [1.165, 1.54) is 12.1 Å². The standard InChI is InChI=1S/C19H18F3N3O/c1-4-9-24-12(2)10-14(13(24)3)17(26)11-25-16-8-6-5-7-15(16)23-18(25)19(20,21)22/h4-8,10H,1,9,11H2,2-3H3. The molecule has 0 aliphatic rings. The highest BCUT2D eigenvalue weighted by Crippen LogP contribution is 2.32. The number of imidazole rings is 1. The van der Waals surface area contributed by atoms with Crippen molar-refractivity contribution in [2.75, 3.05) is 0 Å². The Morgan fingerprint density at radius 2 is 1.92 bits per heavy atom. The monoisotopic (exact) mass is 361 g/mol. The first-order valence-corrected chi connectivity index (χ1v) is 8.07.